The average molecular weight is 403 g/mol. The van der Waals surface area contributed by atoms with Crippen LogP contribution in [0.4, 0.5) is 4.39 Å². The maximum absolute atomic E-state index is 13.3. The summed E-state index contributed by atoms with van der Waals surface area (Å²) in [7, 11) is 1.62. The number of hydrogen-bond donors (Lipinski definition) is 0. The zero-order valence-corrected chi connectivity index (χ0v) is 17.3. The summed E-state index contributed by atoms with van der Waals surface area (Å²) in [6, 6.07) is 13.6. The Morgan fingerprint density at radius 2 is 1.59 bits per heavy atom. The van der Waals surface area contributed by atoms with Gasteiger partial charge in [-0.05, 0) is 53.0 Å². The van der Waals surface area contributed by atoms with Crippen molar-refractivity contribution in [1.29, 1.82) is 0 Å². The largest absolute Gasteiger partial charge is 0.497 e. The number of halogens is 1. The Balaban J connectivity index is 2.38. The van der Waals surface area contributed by atoms with Crippen LogP contribution in [0.5, 0.6) is 5.75 Å². The summed E-state index contributed by atoms with van der Waals surface area (Å²) in [5, 5.41) is 0. The third-order valence-corrected chi connectivity index (χ3v) is 5.89. The molecule has 142 valence electrons. The van der Waals surface area contributed by atoms with E-state index in [1.165, 1.54) is 12.1 Å². The third-order valence-electron chi connectivity index (χ3n) is 3.68. The molecule has 0 aliphatic heterocycles. The van der Waals surface area contributed by atoms with Gasteiger partial charge in [0.25, 0.3) is 0 Å². The number of carbonyl (C=O) groups is 1. The van der Waals surface area contributed by atoms with Crippen LogP contribution in [0, 0.1) is 5.82 Å². The van der Waals surface area contributed by atoms with Crippen molar-refractivity contribution >= 4 is 41.0 Å². The number of allylic oxidation sites excluding steroid dienone is 2. The van der Waals surface area contributed by atoms with Gasteiger partial charge in [-0.2, -0.15) is 0 Å². The first-order chi connectivity index (χ1) is 13.1. The molecule has 5 heteroatoms. The minimum atomic E-state index is -0.313. The first kappa shape index (κ1) is 21.3. The maximum atomic E-state index is 13.3. The Kier molecular flexibility index (Phi) is 8.69. The number of ketones is 1. The molecular weight excluding hydrogens is 379 g/mol. The Bertz CT molecular complexity index is 801. The van der Waals surface area contributed by atoms with Crippen molar-refractivity contribution in [3.63, 3.8) is 0 Å². The molecule has 0 amide bonds. The van der Waals surface area contributed by atoms with Gasteiger partial charge in [0, 0.05) is 5.57 Å². The van der Waals surface area contributed by atoms with Gasteiger partial charge in [0.15, 0.2) is 5.78 Å². The number of benzene rings is 2. The Morgan fingerprint density at radius 3 is 2.11 bits per heavy atom. The van der Waals surface area contributed by atoms with E-state index in [9.17, 15) is 9.18 Å². The Hall–Kier alpha value is -1.98. The van der Waals surface area contributed by atoms with Gasteiger partial charge >= 0.3 is 0 Å². The number of carbonyl (C=O) groups excluding carboxylic acids is 1. The SMILES string of the molecule is CCSC(SCC)=C(C(=O)/C=C/c1ccc(OC)cc1)c1ccc(F)cc1. The van der Waals surface area contributed by atoms with E-state index in [-0.39, 0.29) is 11.6 Å². The van der Waals surface area contributed by atoms with Gasteiger partial charge in [-0.15, -0.1) is 23.5 Å². The molecule has 0 aromatic heterocycles. The summed E-state index contributed by atoms with van der Waals surface area (Å²) in [4.78, 5) is 13.0. The van der Waals surface area contributed by atoms with E-state index >= 15 is 0 Å². The van der Waals surface area contributed by atoms with E-state index in [0.29, 0.717) is 5.57 Å². The van der Waals surface area contributed by atoms with Crippen LogP contribution in [-0.2, 0) is 4.79 Å². The first-order valence-electron chi connectivity index (χ1n) is 8.71. The number of ether oxygens (including phenoxy) is 1. The van der Waals surface area contributed by atoms with Crippen LogP contribution in [0.3, 0.4) is 0 Å². The molecule has 0 spiro atoms. The average Bonchev–Trinajstić information content (AvgIpc) is 2.69. The van der Waals surface area contributed by atoms with Gasteiger partial charge in [0.1, 0.15) is 11.6 Å². The summed E-state index contributed by atoms with van der Waals surface area (Å²) in [5.74, 6) is 2.10. The highest BCUT2D eigenvalue weighted by atomic mass is 32.2. The molecule has 0 N–H and O–H groups in total. The fourth-order valence-corrected chi connectivity index (χ4v) is 4.69. The van der Waals surface area contributed by atoms with E-state index < -0.39 is 0 Å². The zero-order chi connectivity index (χ0) is 19.6. The summed E-state index contributed by atoms with van der Waals surface area (Å²) < 4.78 is 19.5. The normalized spacial score (nSPS) is 10.8. The molecule has 2 aromatic carbocycles. The van der Waals surface area contributed by atoms with E-state index in [2.05, 4.69) is 13.8 Å². The van der Waals surface area contributed by atoms with Crippen molar-refractivity contribution in [2.24, 2.45) is 0 Å². The second-order valence-electron chi connectivity index (χ2n) is 5.51. The molecule has 0 fully saturated rings. The van der Waals surface area contributed by atoms with Gasteiger partial charge in [0.05, 0.1) is 11.3 Å². The van der Waals surface area contributed by atoms with Crippen LogP contribution in [-0.4, -0.2) is 24.4 Å². The van der Waals surface area contributed by atoms with Crippen LogP contribution < -0.4 is 4.74 Å². The summed E-state index contributed by atoms with van der Waals surface area (Å²) in [6.07, 6.45) is 3.36. The van der Waals surface area contributed by atoms with Crippen molar-refractivity contribution < 1.29 is 13.9 Å². The maximum Gasteiger partial charge on any atom is 0.188 e. The van der Waals surface area contributed by atoms with Crippen LogP contribution in [0.15, 0.2) is 58.8 Å². The van der Waals surface area contributed by atoms with Gasteiger partial charge < -0.3 is 4.74 Å². The smallest absolute Gasteiger partial charge is 0.188 e. The fourth-order valence-electron chi connectivity index (χ4n) is 2.40. The van der Waals surface area contributed by atoms with E-state index in [0.717, 1.165) is 32.6 Å². The highest BCUT2D eigenvalue weighted by Gasteiger charge is 2.16. The standard InChI is InChI=1S/C22H23FO2S2/c1-4-26-22(27-5-2)21(17-9-11-18(23)12-10-17)20(24)15-8-16-6-13-19(25-3)14-7-16/h6-15H,4-5H2,1-3H3/b15-8+. The molecule has 0 saturated carbocycles. The van der Waals surface area contributed by atoms with Crippen LogP contribution in [0.2, 0.25) is 0 Å². The summed E-state index contributed by atoms with van der Waals surface area (Å²) in [5.41, 5.74) is 2.27. The predicted molar refractivity (Wildman–Crippen MR) is 117 cm³/mol. The Morgan fingerprint density at radius 1 is 1.00 bits per heavy atom. The molecule has 2 nitrogen and oxygen atoms in total. The number of hydrogen-bond acceptors (Lipinski definition) is 4. The van der Waals surface area contributed by atoms with Crippen molar-refractivity contribution in [2.75, 3.05) is 18.6 Å². The molecular formula is C22H23FO2S2. The molecule has 0 radical (unpaired) electrons. The van der Waals surface area contributed by atoms with Gasteiger partial charge in [-0.25, -0.2) is 4.39 Å². The molecule has 0 unspecified atom stereocenters. The lowest BCUT2D eigenvalue weighted by atomic mass is 10.0. The number of rotatable bonds is 9. The van der Waals surface area contributed by atoms with Crippen LogP contribution in [0.1, 0.15) is 25.0 Å². The summed E-state index contributed by atoms with van der Waals surface area (Å²) >= 11 is 3.28. The Labute approximate surface area is 168 Å². The van der Waals surface area contributed by atoms with Crippen molar-refractivity contribution in [3.8, 4) is 5.75 Å². The van der Waals surface area contributed by atoms with Crippen molar-refractivity contribution in [3.05, 3.63) is 75.8 Å². The minimum absolute atomic E-state index is 0.0886. The van der Waals surface area contributed by atoms with E-state index in [1.807, 2.05) is 24.3 Å². The highest BCUT2D eigenvalue weighted by Crippen LogP contribution is 2.36. The quantitative estimate of drug-likeness (QED) is 0.460. The van der Waals surface area contributed by atoms with Gasteiger partial charge in [-0.3, -0.25) is 4.79 Å². The molecule has 0 heterocycles. The molecule has 0 saturated heterocycles. The molecule has 0 aliphatic carbocycles. The van der Waals surface area contributed by atoms with E-state index in [4.69, 9.17) is 4.74 Å². The van der Waals surface area contributed by atoms with Crippen LogP contribution >= 0.6 is 23.5 Å². The molecule has 2 aromatic rings. The van der Waals surface area contributed by atoms with Crippen molar-refractivity contribution in [2.45, 2.75) is 13.8 Å². The molecule has 0 atom stereocenters. The van der Waals surface area contributed by atoms with Crippen LogP contribution in [0.25, 0.3) is 11.6 Å². The lowest BCUT2D eigenvalue weighted by molar-refractivity contribution is -0.109. The van der Waals surface area contributed by atoms with Gasteiger partial charge in [-0.1, -0.05) is 44.2 Å². The van der Waals surface area contributed by atoms with E-state index in [1.54, 1.807) is 54.9 Å². The molecule has 0 aliphatic rings. The fraction of sp³-hybridized carbons (Fsp3) is 0.227. The minimum Gasteiger partial charge on any atom is -0.497 e. The molecule has 2 rings (SSSR count). The second-order valence-corrected chi connectivity index (χ2v) is 8.31. The first-order valence-corrected chi connectivity index (χ1v) is 10.7. The van der Waals surface area contributed by atoms with Crippen molar-refractivity contribution in [1.82, 2.24) is 0 Å². The summed E-state index contributed by atoms with van der Waals surface area (Å²) in [6.45, 7) is 4.11. The number of methoxy groups -OCH3 is 1. The highest BCUT2D eigenvalue weighted by molar-refractivity contribution is 8.22. The molecule has 27 heavy (non-hydrogen) atoms. The topological polar surface area (TPSA) is 26.3 Å². The van der Waals surface area contributed by atoms with Gasteiger partial charge in [0.2, 0.25) is 0 Å². The zero-order valence-electron chi connectivity index (χ0n) is 15.7. The molecule has 0 bridgehead atoms. The number of thioether (sulfide) groups is 2. The lowest BCUT2D eigenvalue weighted by Gasteiger charge is -2.12. The predicted octanol–water partition coefficient (Wildman–Crippen LogP) is 6.29. The second kappa shape index (κ2) is 11.0. The lowest BCUT2D eigenvalue weighted by Crippen LogP contribution is -2.01. The third kappa shape index (κ3) is 6.29. The monoisotopic (exact) mass is 402 g/mol.